The second-order valence-corrected chi connectivity index (χ2v) is 10.5. The number of aliphatic hydroxyl groups excluding tert-OH is 1. The number of rotatable bonds is 6. The Balaban J connectivity index is 1.79. The summed E-state index contributed by atoms with van der Waals surface area (Å²) >= 11 is 6.46. The fraction of sp³-hybridized carbons (Fsp3) is 0.444. The van der Waals surface area contributed by atoms with Gasteiger partial charge in [0.15, 0.2) is 18.2 Å². The van der Waals surface area contributed by atoms with Gasteiger partial charge in [0.2, 0.25) is 5.91 Å². The number of amides is 3. The van der Waals surface area contributed by atoms with Crippen molar-refractivity contribution in [1.82, 2.24) is 9.80 Å². The zero-order valence-corrected chi connectivity index (χ0v) is 22.3. The lowest BCUT2D eigenvalue weighted by atomic mass is 9.74. The fourth-order valence-electron chi connectivity index (χ4n) is 4.52. The van der Waals surface area contributed by atoms with Crippen molar-refractivity contribution in [2.45, 2.75) is 58.7 Å². The van der Waals surface area contributed by atoms with Crippen LogP contribution in [-0.4, -0.2) is 52.4 Å². The second kappa shape index (κ2) is 11.4. The van der Waals surface area contributed by atoms with Crippen LogP contribution < -0.4 is 4.57 Å². The summed E-state index contributed by atoms with van der Waals surface area (Å²) in [5, 5.41) is 10.0. The van der Waals surface area contributed by atoms with Gasteiger partial charge in [-0.2, -0.15) is 4.57 Å². The predicted molar refractivity (Wildman–Crippen MR) is 135 cm³/mol. The van der Waals surface area contributed by atoms with Gasteiger partial charge in [-0.05, 0) is 31.4 Å². The van der Waals surface area contributed by atoms with Gasteiger partial charge in [0.25, 0.3) is 12.6 Å². The van der Waals surface area contributed by atoms with Crippen molar-refractivity contribution in [2.75, 3.05) is 13.8 Å². The van der Waals surface area contributed by atoms with Crippen molar-refractivity contribution in [3.05, 3.63) is 64.9 Å². The lowest BCUT2D eigenvalue weighted by molar-refractivity contribution is -0.727. The average molecular weight is 531 g/mol. The predicted octanol–water partition coefficient (Wildman–Crippen LogP) is 3.66. The van der Waals surface area contributed by atoms with E-state index >= 15 is 0 Å². The average Bonchev–Trinajstić information content (AvgIpc) is 2.87. The van der Waals surface area contributed by atoms with Crippen LogP contribution in [0.15, 0.2) is 48.8 Å². The first-order valence-corrected chi connectivity index (χ1v) is 12.5. The molecule has 3 amide bonds. The SMILES string of the molecule is CN(C(=O)OC[n+]1cccc(C(=O)N(CO)C(=O)C(C)(C)C)c1)C1(c2ccccc2Cl)CCCCC1=O. The minimum Gasteiger partial charge on any atom is -0.388 e. The number of pyridine rings is 1. The van der Waals surface area contributed by atoms with Crippen LogP contribution in [0.2, 0.25) is 5.02 Å². The third-order valence-electron chi connectivity index (χ3n) is 6.54. The van der Waals surface area contributed by atoms with Gasteiger partial charge < -0.3 is 9.84 Å². The molecule has 0 radical (unpaired) electrons. The number of hydrogen-bond donors (Lipinski definition) is 1. The molecule has 1 saturated carbocycles. The summed E-state index contributed by atoms with van der Waals surface area (Å²) in [6.07, 6.45) is 4.54. The van der Waals surface area contributed by atoms with Crippen LogP contribution in [0.25, 0.3) is 0 Å². The van der Waals surface area contributed by atoms with E-state index in [1.165, 1.54) is 28.8 Å². The topological polar surface area (TPSA) is 108 Å². The molecule has 1 aliphatic carbocycles. The van der Waals surface area contributed by atoms with E-state index in [-0.39, 0.29) is 18.1 Å². The molecule has 10 heteroatoms. The fourth-order valence-corrected chi connectivity index (χ4v) is 4.81. The highest BCUT2D eigenvalue weighted by molar-refractivity contribution is 6.31. The Kier molecular flexibility index (Phi) is 8.71. The molecule has 1 aromatic carbocycles. The van der Waals surface area contributed by atoms with E-state index in [1.807, 2.05) is 0 Å². The quantitative estimate of drug-likeness (QED) is 0.451. The molecule has 0 bridgehead atoms. The molecule has 1 aromatic heterocycles. The highest BCUT2D eigenvalue weighted by Gasteiger charge is 2.48. The van der Waals surface area contributed by atoms with Crippen LogP contribution in [0.4, 0.5) is 4.79 Å². The number of Topliss-reactive ketones (excluding diaryl/α,β-unsaturated/α-hetero) is 1. The molecule has 2 aromatic rings. The number of hydrogen-bond acceptors (Lipinski definition) is 6. The number of carbonyl (C=O) groups is 4. The van der Waals surface area contributed by atoms with Gasteiger partial charge in [-0.1, -0.05) is 50.6 Å². The zero-order valence-electron chi connectivity index (χ0n) is 21.6. The van der Waals surface area contributed by atoms with Crippen molar-refractivity contribution in [2.24, 2.45) is 5.41 Å². The smallest absolute Gasteiger partial charge is 0.388 e. The largest absolute Gasteiger partial charge is 0.415 e. The lowest BCUT2D eigenvalue weighted by Crippen LogP contribution is -2.55. The summed E-state index contributed by atoms with van der Waals surface area (Å²) in [5.41, 5.74) is -1.40. The Morgan fingerprint density at radius 3 is 2.46 bits per heavy atom. The van der Waals surface area contributed by atoms with E-state index in [1.54, 1.807) is 57.3 Å². The summed E-state index contributed by atoms with van der Waals surface area (Å²) in [5.74, 6) is -1.30. The molecule has 1 fully saturated rings. The van der Waals surface area contributed by atoms with E-state index in [4.69, 9.17) is 16.3 Å². The molecule has 37 heavy (non-hydrogen) atoms. The first kappa shape index (κ1) is 28.3. The molecule has 3 rings (SSSR count). The Labute approximate surface area is 221 Å². The third-order valence-corrected chi connectivity index (χ3v) is 6.86. The number of ketones is 1. The number of imide groups is 1. The Morgan fingerprint density at radius 1 is 1.14 bits per heavy atom. The maximum atomic E-state index is 13.2. The van der Waals surface area contributed by atoms with Crippen LogP contribution in [0.1, 0.15) is 62.4 Å². The second-order valence-electron chi connectivity index (χ2n) is 10.1. The van der Waals surface area contributed by atoms with Crippen LogP contribution in [-0.2, 0) is 26.6 Å². The molecule has 1 atom stereocenters. The molecule has 1 heterocycles. The van der Waals surface area contributed by atoms with Crippen LogP contribution in [0.3, 0.4) is 0 Å². The first-order chi connectivity index (χ1) is 17.4. The highest BCUT2D eigenvalue weighted by Crippen LogP contribution is 2.42. The zero-order chi connectivity index (χ0) is 27.4. The Hall–Kier alpha value is -3.30. The van der Waals surface area contributed by atoms with Crippen molar-refractivity contribution >= 4 is 35.3 Å². The van der Waals surface area contributed by atoms with Crippen molar-refractivity contribution in [3.63, 3.8) is 0 Å². The Morgan fingerprint density at radius 2 is 1.84 bits per heavy atom. The number of halogens is 1. The standard InChI is InChI=1S/C27H33ClN3O6/c1-26(2,3)24(35)31(17-32)23(34)19-10-9-15-30(16-19)18-37-25(36)29(4)27(14-8-7-13-22(27)33)20-11-5-6-12-21(20)28/h5-6,9-12,15-16,32H,7-8,13-14,17-18H2,1-4H3/q+1. The van der Waals surface area contributed by atoms with Gasteiger partial charge in [-0.15, -0.1) is 0 Å². The summed E-state index contributed by atoms with van der Waals surface area (Å²) in [4.78, 5) is 53.9. The molecular formula is C27H33ClN3O6+. The van der Waals surface area contributed by atoms with Crippen LogP contribution in [0.5, 0.6) is 0 Å². The molecule has 198 valence electrons. The van der Waals surface area contributed by atoms with E-state index in [0.717, 1.165) is 17.7 Å². The molecule has 0 aliphatic heterocycles. The molecule has 0 saturated heterocycles. The normalized spacial score (nSPS) is 17.7. The first-order valence-electron chi connectivity index (χ1n) is 12.1. The maximum absolute atomic E-state index is 13.2. The molecule has 9 nitrogen and oxygen atoms in total. The van der Waals surface area contributed by atoms with Crippen molar-refractivity contribution in [1.29, 1.82) is 0 Å². The van der Waals surface area contributed by atoms with Crippen molar-refractivity contribution < 1.29 is 33.6 Å². The molecular weight excluding hydrogens is 498 g/mol. The van der Waals surface area contributed by atoms with E-state index in [9.17, 15) is 24.3 Å². The number of aliphatic hydroxyl groups is 1. The minimum absolute atomic E-state index is 0.0980. The lowest BCUT2D eigenvalue weighted by Gasteiger charge is -2.43. The van der Waals surface area contributed by atoms with E-state index in [0.29, 0.717) is 23.4 Å². The molecule has 0 spiro atoms. The monoisotopic (exact) mass is 530 g/mol. The molecule has 1 unspecified atom stereocenters. The Bertz CT molecular complexity index is 1190. The number of ether oxygens (including phenoxy) is 1. The van der Waals surface area contributed by atoms with Gasteiger partial charge in [-0.3, -0.25) is 24.2 Å². The minimum atomic E-state index is -1.23. The maximum Gasteiger partial charge on any atom is 0.415 e. The number of carbonyl (C=O) groups excluding carboxylic acids is 4. The number of benzene rings is 1. The van der Waals surface area contributed by atoms with Crippen molar-refractivity contribution in [3.8, 4) is 0 Å². The highest BCUT2D eigenvalue weighted by atomic mass is 35.5. The van der Waals surface area contributed by atoms with Crippen LogP contribution in [0, 0.1) is 5.41 Å². The van der Waals surface area contributed by atoms with Gasteiger partial charge >= 0.3 is 6.09 Å². The molecule has 1 N–H and O–H groups in total. The van der Waals surface area contributed by atoms with E-state index < -0.39 is 35.6 Å². The summed E-state index contributed by atoms with van der Waals surface area (Å²) in [6.45, 7) is 3.95. The summed E-state index contributed by atoms with van der Waals surface area (Å²) in [6, 6.07) is 10.1. The summed E-state index contributed by atoms with van der Waals surface area (Å²) in [7, 11) is 1.52. The van der Waals surface area contributed by atoms with Gasteiger partial charge in [0.1, 0.15) is 17.8 Å². The van der Waals surface area contributed by atoms with Gasteiger partial charge in [0, 0.05) is 35.5 Å². The van der Waals surface area contributed by atoms with E-state index in [2.05, 4.69) is 0 Å². The van der Waals surface area contributed by atoms with Gasteiger partial charge in [-0.25, -0.2) is 4.79 Å². The third kappa shape index (κ3) is 5.83. The van der Waals surface area contributed by atoms with Gasteiger partial charge in [0.05, 0.1) is 0 Å². The number of aromatic nitrogens is 1. The number of likely N-dealkylation sites (N-methyl/N-ethyl adjacent to an activating group) is 1. The number of nitrogens with zero attached hydrogens (tertiary/aromatic N) is 3. The summed E-state index contributed by atoms with van der Waals surface area (Å²) < 4.78 is 6.97. The molecule has 1 aliphatic rings. The van der Waals surface area contributed by atoms with Crippen LogP contribution >= 0.6 is 11.6 Å².